The highest BCUT2D eigenvalue weighted by molar-refractivity contribution is 7.17. The number of hydrogen-bond acceptors (Lipinski definition) is 5. The van der Waals surface area contributed by atoms with E-state index >= 15 is 0 Å². The molecule has 3 rings (SSSR count). The van der Waals surface area contributed by atoms with Crippen molar-refractivity contribution in [3.8, 4) is 10.6 Å². The van der Waals surface area contributed by atoms with E-state index in [4.69, 9.17) is 0 Å². The van der Waals surface area contributed by atoms with E-state index < -0.39 is 11.8 Å². The first-order valence-electron chi connectivity index (χ1n) is 8.95. The summed E-state index contributed by atoms with van der Waals surface area (Å²) in [5, 5.41) is 3.21. The minimum Gasteiger partial charge on any atom is -0.466 e. The number of para-hydroxylation sites is 1. The van der Waals surface area contributed by atoms with E-state index in [0.717, 1.165) is 11.3 Å². The van der Waals surface area contributed by atoms with Gasteiger partial charge in [-0.1, -0.05) is 44.2 Å². The average Bonchev–Trinajstić information content (AvgIpc) is 3.25. The minimum atomic E-state index is -0.492. The summed E-state index contributed by atoms with van der Waals surface area (Å²) in [6, 6.07) is 13.3. The van der Waals surface area contributed by atoms with Crippen molar-refractivity contribution in [1.29, 1.82) is 0 Å². The fourth-order valence-electron chi connectivity index (χ4n) is 2.30. The van der Waals surface area contributed by atoms with Gasteiger partial charge >= 0.3 is 5.97 Å². The number of ether oxygens (including phenoxy) is 1. The number of carbonyl (C=O) groups excluding carboxylic acids is 2. The van der Waals surface area contributed by atoms with Gasteiger partial charge in [0.05, 0.1) is 13.3 Å². The molecule has 0 radical (unpaired) electrons. The highest BCUT2D eigenvalue weighted by Gasteiger charge is 2.15. The summed E-state index contributed by atoms with van der Waals surface area (Å²) in [5.41, 5.74) is 1.53. The number of hydrogen-bond donors (Lipinski definition) is 1. The molecule has 29 heavy (non-hydrogen) atoms. The van der Waals surface area contributed by atoms with Crippen LogP contribution in [-0.4, -0.2) is 24.0 Å². The summed E-state index contributed by atoms with van der Waals surface area (Å²) in [5.74, 6) is -1.25. The molecule has 1 N–H and O–H groups in total. The number of thiazole rings is 1. The predicted molar refractivity (Wildman–Crippen MR) is 114 cm³/mol. The summed E-state index contributed by atoms with van der Waals surface area (Å²) in [6.45, 7) is 4.00. The van der Waals surface area contributed by atoms with Gasteiger partial charge in [-0.05, 0) is 29.8 Å². The Hall–Kier alpha value is -3.32. The molecule has 1 heterocycles. The Labute approximate surface area is 172 Å². The van der Waals surface area contributed by atoms with Gasteiger partial charge in [-0.15, -0.1) is 11.3 Å². The Bertz CT molecular complexity index is 1010. The van der Waals surface area contributed by atoms with Crippen LogP contribution in [-0.2, 0) is 9.53 Å². The monoisotopic (exact) mass is 412 g/mol. The van der Waals surface area contributed by atoms with Crippen LogP contribution >= 0.6 is 11.3 Å². The fourth-order valence-corrected chi connectivity index (χ4v) is 3.14. The predicted octanol–water partition coefficient (Wildman–Crippen LogP) is 5.41. The van der Waals surface area contributed by atoms with Gasteiger partial charge in [0, 0.05) is 17.3 Å². The van der Waals surface area contributed by atoms with E-state index in [9.17, 15) is 14.0 Å². The highest BCUT2D eigenvalue weighted by atomic mass is 32.1. The van der Waals surface area contributed by atoms with Gasteiger partial charge in [0.25, 0.3) is 5.91 Å². The van der Waals surface area contributed by atoms with Gasteiger partial charge in [0.1, 0.15) is 15.7 Å². The van der Waals surface area contributed by atoms with Crippen LogP contribution in [0.1, 0.15) is 29.1 Å². The molecule has 0 unspecified atom stereocenters. The van der Waals surface area contributed by atoms with Crippen molar-refractivity contribution in [2.45, 2.75) is 13.8 Å². The molecule has 2 aromatic carbocycles. The smallest absolute Gasteiger partial charge is 0.330 e. The lowest BCUT2D eigenvalue weighted by atomic mass is 10.1. The maximum atomic E-state index is 13.9. The van der Waals surface area contributed by atoms with Gasteiger partial charge < -0.3 is 10.1 Å². The summed E-state index contributed by atoms with van der Waals surface area (Å²) < 4.78 is 18.5. The number of aromatic nitrogens is 1. The van der Waals surface area contributed by atoms with Gasteiger partial charge in [-0.3, -0.25) is 4.79 Å². The molecular formula is C22H21FN2O3S. The Balaban J connectivity index is 0.00000145. The topological polar surface area (TPSA) is 68.3 Å². The van der Waals surface area contributed by atoms with E-state index in [1.807, 2.05) is 13.8 Å². The SMILES string of the molecule is CC.COC(=O)/C=C/c1ccccc1NC(=O)c1cnc(-c2ccccc2F)s1. The van der Waals surface area contributed by atoms with Crippen molar-refractivity contribution in [3.05, 3.63) is 77.1 Å². The Kier molecular flexibility index (Phi) is 8.24. The number of anilines is 1. The summed E-state index contributed by atoms with van der Waals surface area (Å²) in [6.07, 6.45) is 4.24. The first kappa shape index (κ1) is 22.0. The van der Waals surface area contributed by atoms with Crippen LogP contribution in [0.3, 0.4) is 0 Å². The first-order chi connectivity index (χ1) is 14.1. The molecule has 0 saturated heterocycles. The lowest BCUT2D eigenvalue weighted by Crippen LogP contribution is -2.11. The van der Waals surface area contributed by atoms with Crippen molar-refractivity contribution < 1.29 is 18.7 Å². The summed E-state index contributed by atoms with van der Waals surface area (Å²) in [7, 11) is 1.29. The van der Waals surface area contributed by atoms with E-state index in [1.165, 1.54) is 25.4 Å². The quantitative estimate of drug-likeness (QED) is 0.449. The first-order valence-corrected chi connectivity index (χ1v) is 9.77. The zero-order chi connectivity index (χ0) is 21.2. The maximum Gasteiger partial charge on any atom is 0.330 e. The molecule has 0 aliphatic heterocycles. The van der Waals surface area contributed by atoms with Crippen LogP contribution < -0.4 is 5.32 Å². The third kappa shape index (κ3) is 5.83. The lowest BCUT2D eigenvalue weighted by Gasteiger charge is -2.07. The fraction of sp³-hybridized carbons (Fsp3) is 0.136. The molecule has 1 amide bonds. The van der Waals surface area contributed by atoms with Crippen molar-refractivity contribution >= 4 is 35.0 Å². The molecule has 0 aliphatic carbocycles. The molecule has 1 aromatic heterocycles. The maximum absolute atomic E-state index is 13.9. The number of halogens is 1. The van der Waals surface area contributed by atoms with Gasteiger partial charge in [-0.2, -0.15) is 0 Å². The van der Waals surface area contributed by atoms with Gasteiger partial charge in [0.15, 0.2) is 0 Å². The molecule has 0 aliphatic rings. The van der Waals surface area contributed by atoms with E-state index in [0.29, 0.717) is 26.7 Å². The highest BCUT2D eigenvalue weighted by Crippen LogP contribution is 2.28. The van der Waals surface area contributed by atoms with Crippen molar-refractivity contribution in [3.63, 3.8) is 0 Å². The molecule has 3 aromatic rings. The largest absolute Gasteiger partial charge is 0.466 e. The molecule has 150 valence electrons. The molecule has 0 saturated carbocycles. The van der Waals surface area contributed by atoms with Crippen LogP contribution in [0.15, 0.2) is 60.8 Å². The normalized spacial score (nSPS) is 10.2. The summed E-state index contributed by atoms with van der Waals surface area (Å²) >= 11 is 1.10. The van der Waals surface area contributed by atoms with E-state index in [-0.39, 0.29) is 5.91 Å². The second-order valence-corrected chi connectivity index (χ2v) is 6.44. The van der Waals surface area contributed by atoms with Crippen molar-refractivity contribution in [1.82, 2.24) is 4.98 Å². The number of esters is 1. The van der Waals surface area contributed by atoms with Crippen LogP contribution in [0.2, 0.25) is 0 Å². The zero-order valence-electron chi connectivity index (χ0n) is 16.3. The van der Waals surface area contributed by atoms with Crippen LogP contribution in [0, 0.1) is 5.82 Å². The summed E-state index contributed by atoms with van der Waals surface area (Å²) in [4.78, 5) is 28.3. The average molecular weight is 412 g/mol. The van der Waals surface area contributed by atoms with Gasteiger partial charge in [-0.25, -0.2) is 14.2 Å². The number of methoxy groups -OCH3 is 1. The van der Waals surface area contributed by atoms with E-state index in [2.05, 4.69) is 15.0 Å². The van der Waals surface area contributed by atoms with Crippen LogP contribution in [0.5, 0.6) is 0 Å². The molecule has 5 nitrogen and oxygen atoms in total. The lowest BCUT2D eigenvalue weighted by molar-refractivity contribution is -0.134. The molecule has 0 bridgehead atoms. The minimum absolute atomic E-state index is 0.347. The number of amides is 1. The van der Waals surface area contributed by atoms with Crippen molar-refractivity contribution in [2.75, 3.05) is 12.4 Å². The number of carbonyl (C=O) groups is 2. The molecular weight excluding hydrogens is 391 g/mol. The Morgan fingerprint density at radius 2 is 1.79 bits per heavy atom. The number of benzene rings is 2. The van der Waals surface area contributed by atoms with E-state index in [1.54, 1.807) is 48.5 Å². The number of nitrogens with one attached hydrogen (secondary N) is 1. The number of rotatable bonds is 5. The Morgan fingerprint density at radius 1 is 1.10 bits per heavy atom. The van der Waals surface area contributed by atoms with Crippen LogP contribution in [0.4, 0.5) is 10.1 Å². The van der Waals surface area contributed by atoms with Gasteiger partial charge in [0.2, 0.25) is 0 Å². The zero-order valence-corrected chi connectivity index (χ0v) is 17.1. The molecule has 7 heteroatoms. The molecule has 0 atom stereocenters. The second kappa shape index (κ2) is 10.9. The molecule has 0 fully saturated rings. The Morgan fingerprint density at radius 3 is 2.52 bits per heavy atom. The number of nitrogens with zero attached hydrogens (tertiary/aromatic N) is 1. The second-order valence-electron chi connectivity index (χ2n) is 5.41. The molecule has 0 spiro atoms. The standard InChI is InChI=1S/C20H15FN2O3S.C2H6/c1-26-18(24)11-10-13-6-2-5-9-16(13)23-19(25)17-12-22-20(27-17)14-7-3-4-8-15(14)21;1-2/h2-12H,1H3,(H,23,25);1-2H3/b11-10+;. The third-order valence-electron chi connectivity index (χ3n) is 3.64. The van der Waals surface area contributed by atoms with Crippen molar-refractivity contribution in [2.24, 2.45) is 0 Å². The third-order valence-corrected chi connectivity index (χ3v) is 4.67. The van der Waals surface area contributed by atoms with Crippen LogP contribution in [0.25, 0.3) is 16.6 Å².